The first-order valence-corrected chi connectivity index (χ1v) is 9.61. The summed E-state index contributed by atoms with van der Waals surface area (Å²) < 4.78 is 10.8. The van der Waals surface area contributed by atoms with Crippen LogP contribution in [-0.4, -0.2) is 24.4 Å². The maximum absolute atomic E-state index is 12.3. The third kappa shape index (κ3) is 7.01. The van der Waals surface area contributed by atoms with Crippen LogP contribution in [0.5, 0.6) is 5.75 Å². The molecule has 0 saturated carbocycles. The zero-order valence-electron chi connectivity index (χ0n) is 17.0. The Balaban J connectivity index is 1.48. The van der Waals surface area contributed by atoms with Crippen molar-refractivity contribution in [3.8, 4) is 5.75 Å². The van der Waals surface area contributed by atoms with E-state index in [4.69, 9.17) is 9.47 Å². The molecule has 158 valence electrons. The van der Waals surface area contributed by atoms with Gasteiger partial charge >= 0.3 is 5.97 Å². The van der Waals surface area contributed by atoms with Gasteiger partial charge in [0.25, 0.3) is 5.91 Å². The summed E-state index contributed by atoms with van der Waals surface area (Å²) in [5.74, 6) is -0.751. The first-order chi connectivity index (χ1) is 15.0. The van der Waals surface area contributed by atoms with Crippen LogP contribution in [0.3, 0.4) is 0 Å². The summed E-state index contributed by atoms with van der Waals surface area (Å²) in [5, 5.41) is 5.26. The fourth-order valence-corrected chi connectivity index (χ4v) is 2.71. The molecule has 0 unspecified atom stereocenters. The summed E-state index contributed by atoms with van der Waals surface area (Å²) in [6.45, 7) is 1.36. The Labute approximate surface area is 180 Å². The summed E-state index contributed by atoms with van der Waals surface area (Å²) >= 11 is 0. The lowest BCUT2D eigenvalue weighted by Crippen LogP contribution is -2.21. The van der Waals surface area contributed by atoms with Crippen molar-refractivity contribution < 1.29 is 23.9 Å². The lowest BCUT2D eigenvalue weighted by atomic mass is 10.2. The SMILES string of the molecule is CC(=O)Nc1ccc(NC(=O)COC(=O)c2cccc(OCc3ccccc3)c2)cc1. The normalized spacial score (nSPS) is 10.1. The minimum atomic E-state index is -0.624. The molecule has 0 aromatic heterocycles. The van der Waals surface area contributed by atoms with Crippen molar-refractivity contribution in [1.82, 2.24) is 0 Å². The molecule has 2 amide bonds. The molecule has 0 bridgehead atoms. The van der Waals surface area contributed by atoms with Gasteiger partial charge in [-0.3, -0.25) is 9.59 Å². The van der Waals surface area contributed by atoms with Gasteiger partial charge in [0.05, 0.1) is 5.56 Å². The number of amides is 2. The highest BCUT2D eigenvalue weighted by Gasteiger charge is 2.11. The molecule has 7 heteroatoms. The number of hydrogen-bond acceptors (Lipinski definition) is 5. The largest absolute Gasteiger partial charge is 0.489 e. The van der Waals surface area contributed by atoms with E-state index in [1.54, 1.807) is 48.5 Å². The van der Waals surface area contributed by atoms with Crippen LogP contribution in [0, 0.1) is 0 Å². The van der Waals surface area contributed by atoms with Gasteiger partial charge in [-0.1, -0.05) is 36.4 Å². The van der Waals surface area contributed by atoms with Crippen molar-refractivity contribution in [3.05, 3.63) is 90.0 Å². The molecule has 3 rings (SSSR count). The predicted octanol–water partition coefficient (Wildman–Crippen LogP) is 4.02. The van der Waals surface area contributed by atoms with E-state index in [1.807, 2.05) is 30.3 Å². The Morgan fingerprint density at radius 3 is 2.16 bits per heavy atom. The van der Waals surface area contributed by atoms with Gasteiger partial charge in [-0.15, -0.1) is 0 Å². The molecule has 0 radical (unpaired) electrons. The average Bonchev–Trinajstić information content (AvgIpc) is 2.78. The van der Waals surface area contributed by atoms with Crippen LogP contribution in [0.4, 0.5) is 11.4 Å². The highest BCUT2D eigenvalue weighted by Crippen LogP contribution is 2.16. The van der Waals surface area contributed by atoms with Crippen LogP contribution in [-0.2, 0) is 20.9 Å². The minimum Gasteiger partial charge on any atom is -0.489 e. The first-order valence-electron chi connectivity index (χ1n) is 9.61. The van der Waals surface area contributed by atoms with Gasteiger partial charge < -0.3 is 20.1 Å². The highest BCUT2D eigenvalue weighted by atomic mass is 16.5. The summed E-state index contributed by atoms with van der Waals surface area (Å²) in [6.07, 6.45) is 0. The van der Waals surface area contributed by atoms with Crippen molar-refractivity contribution >= 4 is 29.2 Å². The number of anilines is 2. The van der Waals surface area contributed by atoms with Crippen LogP contribution < -0.4 is 15.4 Å². The summed E-state index contributed by atoms with van der Waals surface area (Å²) in [6, 6.07) is 22.9. The minimum absolute atomic E-state index is 0.182. The Hall–Kier alpha value is -4.13. The molecule has 0 heterocycles. The number of carbonyl (C=O) groups excluding carboxylic acids is 3. The molecule has 3 aromatic rings. The van der Waals surface area contributed by atoms with Gasteiger partial charge in [0.1, 0.15) is 12.4 Å². The van der Waals surface area contributed by atoms with E-state index in [-0.39, 0.29) is 11.5 Å². The molecule has 0 spiro atoms. The topological polar surface area (TPSA) is 93.7 Å². The number of benzene rings is 3. The number of ether oxygens (including phenoxy) is 2. The van der Waals surface area contributed by atoms with Crippen LogP contribution in [0.25, 0.3) is 0 Å². The molecule has 0 fully saturated rings. The molecule has 31 heavy (non-hydrogen) atoms. The van der Waals surface area contributed by atoms with Crippen LogP contribution in [0.1, 0.15) is 22.8 Å². The molecule has 0 saturated heterocycles. The zero-order chi connectivity index (χ0) is 22.1. The van der Waals surface area contributed by atoms with E-state index >= 15 is 0 Å². The number of hydrogen-bond donors (Lipinski definition) is 2. The summed E-state index contributed by atoms with van der Waals surface area (Å²) in [4.78, 5) is 35.4. The second kappa shape index (κ2) is 10.6. The van der Waals surface area contributed by atoms with Gasteiger partial charge in [0.15, 0.2) is 6.61 Å². The summed E-state index contributed by atoms with van der Waals surface area (Å²) in [7, 11) is 0. The van der Waals surface area contributed by atoms with E-state index < -0.39 is 18.5 Å². The Bertz CT molecular complexity index is 1050. The van der Waals surface area contributed by atoms with E-state index in [0.717, 1.165) is 5.56 Å². The van der Waals surface area contributed by atoms with Crippen molar-refractivity contribution in [3.63, 3.8) is 0 Å². The number of esters is 1. The fourth-order valence-electron chi connectivity index (χ4n) is 2.71. The molecule has 7 nitrogen and oxygen atoms in total. The maximum atomic E-state index is 12.3. The predicted molar refractivity (Wildman–Crippen MR) is 117 cm³/mol. The maximum Gasteiger partial charge on any atom is 0.338 e. The van der Waals surface area contributed by atoms with Gasteiger partial charge in [-0.25, -0.2) is 4.79 Å². The second-order valence-electron chi connectivity index (χ2n) is 6.68. The molecule has 0 atom stereocenters. The number of nitrogens with one attached hydrogen (secondary N) is 2. The van der Waals surface area contributed by atoms with E-state index in [0.29, 0.717) is 23.7 Å². The number of rotatable bonds is 8. The Morgan fingerprint density at radius 2 is 1.48 bits per heavy atom. The molecule has 2 N–H and O–H groups in total. The quantitative estimate of drug-likeness (QED) is 0.539. The van der Waals surface area contributed by atoms with Gasteiger partial charge in [-0.2, -0.15) is 0 Å². The van der Waals surface area contributed by atoms with E-state index in [2.05, 4.69) is 10.6 Å². The molecule has 0 aliphatic rings. The highest BCUT2D eigenvalue weighted by molar-refractivity contribution is 5.96. The average molecular weight is 418 g/mol. The molecule has 0 aliphatic carbocycles. The summed E-state index contributed by atoms with van der Waals surface area (Å²) in [5.41, 5.74) is 2.44. The van der Waals surface area contributed by atoms with Crippen molar-refractivity contribution in [1.29, 1.82) is 0 Å². The second-order valence-corrected chi connectivity index (χ2v) is 6.68. The third-order valence-electron chi connectivity index (χ3n) is 4.14. The van der Waals surface area contributed by atoms with Crippen LogP contribution in [0.2, 0.25) is 0 Å². The lowest BCUT2D eigenvalue weighted by molar-refractivity contribution is -0.119. The van der Waals surface area contributed by atoms with Crippen molar-refractivity contribution in [2.45, 2.75) is 13.5 Å². The van der Waals surface area contributed by atoms with E-state index in [9.17, 15) is 14.4 Å². The number of carbonyl (C=O) groups is 3. The zero-order valence-corrected chi connectivity index (χ0v) is 17.0. The van der Waals surface area contributed by atoms with E-state index in [1.165, 1.54) is 6.92 Å². The third-order valence-corrected chi connectivity index (χ3v) is 4.14. The monoisotopic (exact) mass is 418 g/mol. The fraction of sp³-hybridized carbons (Fsp3) is 0.125. The van der Waals surface area contributed by atoms with Gasteiger partial charge in [0.2, 0.25) is 5.91 Å². The van der Waals surface area contributed by atoms with Gasteiger partial charge in [-0.05, 0) is 48.0 Å². The Morgan fingerprint density at radius 1 is 0.806 bits per heavy atom. The smallest absolute Gasteiger partial charge is 0.338 e. The van der Waals surface area contributed by atoms with Crippen LogP contribution in [0.15, 0.2) is 78.9 Å². The van der Waals surface area contributed by atoms with Crippen LogP contribution >= 0.6 is 0 Å². The molecular formula is C24H22N2O5. The standard InChI is InChI=1S/C24H22N2O5/c1-17(27)25-20-10-12-21(13-11-20)26-23(28)16-31-24(29)19-8-5-9-22(14-19)30-15-18-6-3-2-4-7-18/h2-14H,15-16H2,1H3,(H,25,27)(H,26,28). The molecule has 3 aromatic carbocycles. The molecule has 0 aliphatic heterocycles. The molecular weight excluding hydrogens is 396 g/mol. The van der Waals surface area contributed by atoms with Crippen molar-refractivity contribution in [2.75, 3.05) is 17.2 Å². The van der Waals surface area contributed by atoms with Crippen molar-refractivity contribution in [2.24, 2.45) is 0 Å². The lowest BCUT2D eigenvalue weighted by Gasteiger charge is -2.09. The van der Waals surface area contributed by atoms with Gasteiger partial charge in [0, 0.05) is 18.3 Å². The first kappa shape index (κ1) is 21.6. The Kier molecular flexibility index (Phi) is 7.37.